The molecule has 140 valence electrons. The maximum atomic E-state index is 12.1. The van der Waals surface area contributed by atoms with Gasteiger partial charge in [0.15, 0.2) is 6.29 Å². The van der Waals surface area contributed by atoms with Crippen molar-refractivity contribution < 1.29 is 24.2 Å². The number of rotatable bonds is 9. The van der Waals surface area contributed by atoms with Crippen molar-refractivity contribution in [3.8, 4) is 0 Å². The minimum atomic E-state index is -0.859. The van der Waals surface area contributed by atoms with E-state index in [4.69, 9.17) is 0 Å². The van der Waals surface area contributed by atoms with Gasteiger partial charge in [-0.15, -0.1) is 0 Å². The predicted octanol–water partition coefficient (Wildman–Crippen LogP) is 5.04. The Labute approximate surface area is 153 Å². The van der Waals surface area contributed by atoms with Crippen molar-refractivity contribution in [2.75, 3.05) is 0 Å². The first-order valence-corrected chi connectivity index (χ1v) is 9.14. The molecule has 0 N–H and O–H groups in total. The molecule has 1 aromatic carbocycles. The maximum Gasteiger partial charge on any atom is 0.461 e. The number of nitrogens with zero attached hydrogens (tertiary/aromatic N) is 1. The van der Waals surface area contributed by atoms with Crippen molar-refractivity contribution in [1.82, 2.24) is 4.57 Å². The molecule has 0 fully saturated rings. The van der Waals surface area contributed by atoms with Gasteiger partial charge in [0, 0.05) is 17.1 Å². The SMILES string of the molecule is CCCCCCCCCC(=O)OOC(=O)n1cc(C=O)c2ccccc21. The molecule has 6 heteroatoms. The number of hydrogen-bond donors (Lipinski definition) is 0. The molecule has 0 aliphatic heterocycles. The normalized spacial score (nSPS) is 10.7. The van der Waals surface area contributed by atoms with Gasteiger partial charge in [-0.1, -0.05) is 63.6 Å². The monoisotopic (exact) mass is 359 g/mol. The van der Waals surface area contributed by atoms with E-state index in [0.29, 0.717) is 29.2 Å². The Kier molecular flexibility index (Phi) is 7.86. The molecule has 0 unspecified atom stereocenters. The summed E-state index contributed by atoms with van der Waals surface area (Å²) in [5, 5.41) is 0.633. The summed E-state index contributed by atoms with van der Waals surface area (Å²) < 4.78 is 1.15. The zero-order valence-electron chi connectivity index (χ0n) is 15.1. The molecule has 1 heterocycles. The van der Waals surface area contributed by atoms with Crippen LogP contribution in [0.2, 0.25) is 0 Å². The van der Waals surface area contributed by atoms with Crippen LogP contribution in [0.1, 0.15) is 68.6 Å². The average Bonchev–Trinajstić information content (AvgIpc) is 3.04. The van der Waals surface area contributed by atoms with Gasteiger partial charge in [0.2, 0.25) is 0 Å². The molecule has 0 atom stereocenters. The van der Waals surface area contributed by atoms with Gasteiger partial charge >= 0.3 is 12.1 Å². The zero-order chi connectivity index (χ0) is 18.8. The van der Waals surface area contributed by atoms with Crippen molar-refractivity contribution in [1.29, 1.82) is 0 Å². The second-order valence-corrected chi connectivity index (χ2v) is 6.27. The number of aldehydes is 1. The standard InChI is InChI=1S/C20H25NO5/c1-2-3-4-5-6-7-8-13-19(23)25-26-20(24)21-14-16(15-22)17-11-9-10-12-18(17)21/h9-12,14-15H,2-8,13H2,1H3. The second-order valence-electron chi connectivity index (χ2n) is 6.27. The van der Waals surface area contributed by atoms with E-state index >= 15 is 0 Å². The summed E-state index contributed by atoms with van der Waals surface area (Å²) in [6.45, 7) is 2.17. The Morgan fingerprint density at radius 3 is 2.42 bits per heavy atom. The van der Waals surface area contributed by atoms with Gasteiger partial charge in [0.25, 0.3) is 0 Å². The molecule has 2 rings (SSSR count). The number of aromatic nitrogens is 1. The average molecular weight is 359 g/mol. The summed E-state index contributed by atoms with van der Waals surface area (Å²) in [6, 6.07) is 6.93. The van der Waals surface area contributed by atoms with E-state index in [-0.39, 0.29) is 6.42 Å². The lowest BCUT2D eigenvalue weighted by atomic mass is 10.1. The summed E-state index contributed by atoms with van der Waals surface area (Å²) >= 11 is 0. The van der Waals surface area contributed by atoms with E-state index in [1.54, 1.807) is 24.3 Å². The second kappa shape index (κ2) is 10.4. The van der Waals surface area contributed by atoms with Crippen molar-refractivity contribution >= 4 is 29.3 Å². The molecule has 0 amide bonds. The zero-order valence-corrected chi connectivity index (χ0v) is 15.1. The number of fused-ring (bicyclic) bond motifs is 1. The number of carbonyl (C=O) groups is 3. The highest BCUT2D eigenvalue weighted by Crippen LogP contribution is 2.20. The number of carbonyl (C=O) groups excluding carboxylic acids is 3. The van der Waals surface area contributed by atoms with Crippen LogP contribution in [0, 0.1) is 0 Å². The van der Waals surface area contributed by atoms with Crippen LogP contribution in [0.25, 0.3) is 10.9 Å². The lowest BCUT2D eigenvalue weighted by Crippen LogP contribution is -2.16. The summed E-state index contributed by atoms with van der Waals surface area (Å²) in [4.78, 5) is 44.1. The van der Waals surface area contributed by atoms with Crippen LogP contribution >= 0.6 is 0 Å². The number of unbranched alkanes of at least 4 members (excludes halogenated alkanes) is 6. The van der Waals surface area contributed by atoms with E-state index in [2.05, 4.69) is 16.7 Å². The molecule has 0 aliphatic rings. The first kappa shape index (κ1) is 19.7. The summed E-state index contributed by atoms with van der Waals surface area (Å²) in [5.74, 6) is -0.570. The third-order valence-corrected chi connectivity index (χ3v) is 4.26. The summed E-state index contributed by atoms with van der Waals surface area (Å²) in [7, 11) is 0. The van der Waals surface area contributed by atoms with Gasteiger partial charge in [0.1, 0.15) is 0 Å². The highest BCUT2D eigenvalue weighted by molar-refractivity contribution is 6.01. The molecule has 0 saturated heterocycles. The molecule has 0 spiro atoms. The fraction of sp³-hybridized carbons (Fsp3) is 0.450. The molecule has 26 heavy (non-hydrogen) atoms. The Hall–Kier alpha value is -2.63. The van der Waals surface area contributed by atoms with Crippen LogP contribution < -0.4 is 0 Å². The van der Waals surface area contributed by atoms with E-state index < -0.39 is 12.1 Å². The Morgan fingerprint density at radius 2 is 1.69 bits per heavy atom. The third kappa shape index (κ3) is 5.44. The van der Waals surface area contributed by atoms with Crippen LogP contribution in [0.4, 0.5) is 4.79 Å². The summed E-state index contributed by atoms with van der Waals surface area (Å²) in [5.41, 5.74) is 0.884. The lowest BCUT2D eigenvalue weighted by Gasteiger charge is -2.05. The molecular formula is C20H25NO5. The topological polar surface area (TPSA) is 74.6 Å². The third-order valence-electron chi connectivity index (χ3n) is 4.26. The van der Waals surface area contributed by atoms with Gasteiger partial charge in [-0.05, 0) is 12.5 Å². The first-order chi connectivity index (χ1) is 12.7. The van der Waals surface area contributed by atoms with Gasteiger partial charge in [-0.3, -0.25) is 4.79 Å². The smallest absolute Gasteiger partial charge is 0.298 e. The van der Waals surface area contributed by atoms with E-state index in [1.165, 1.54) is 31.9 Å². The Morgan fingerprint density at radius 1 is 1.00 bits per heavy atom. The van der Waals surface area contributed by atoms with Gasteiger partial charge in [-0.2, -0.15) is 0 Å². The molecule has 6 nitrogen and oxygen atoms in total. The molecule has 1 aromatic heterocycles. The fourth-order valence-electron chi connectivity index (χ4n) is 2.84. The minimum absolute atomic E-state index is 0.215. The Balaban J connectivity index is 1.77. The maximum absolute atomic E-state index is 12.1. The molecular weight excluding hydrogens is 334 g/mol. The number of para-hydroxylation sites is 1. The molecule has 0 saturated carbocycles. The van der Waals surface area contributed by atoms with E-state index in [9.17, 15) is 14.4 Å². The van der Waals surface area contributed by atoms with Crippen molar-refractivity contribution in [2.45, 2.75) is 58.3 Å². The predicted molar refractivity (Wildman–Crippen MR) is 97.9 cm³/mol. The van der Waals surface area contributed by atoms with Crippen molar-refractivity contribution in [3.63, 3.8) is 0 Å². The van der Waals surface area contributed by atoms with Crippen LogP contribution in [-0.2, 0) is 14.6 Å². The van der Waals surface area contributed by atoms with Crippen molar-refractivity contribution in [2.24, 2.45) is 0 Å². The largest absolute Gasteiger partial charge is 0.461 e. The quantitative estimate of drug-likeness (QED) is 0.271. The van der Waals surface area contributed by atoms with Crippen LogP contribution in [0.5, 0.6) is 0 Å². The molecule has 0 bridgehead atoms. The van der Waals surface area contributed by atoms with Gasteiger partial charge in [0.05, 0.1) is 11.9 Å². The fourth-order valence-corrected chi connectivity index (χ4v) is 2.84. The number of hydrogen-bond acceptors (Lipinski definition) is 5. The minimum Gasteiger partial charge on any atom is -0.298 e. The Bertz CT molecular complexity index is 750. The first-order valence-electron chi connectivity index (χ1n) is 9.14. The van der Waals surface area contributed by atoms with Crippen LogP contribution in [0.3, 0.4) is 0 Å². The van der Waals surface area contributed by atoms with E-state index in [0.717, 1.165) is 17.4 Å². The highest BCUT2D eigenvalue weighted by atomic mass is 17.2. The molecule has 0 aliphatic carbocycles. The molecule has 0 radical (unpaired) electrons. The lowest BCUT2D eigenvalue weighted by molar-refractivity contribution is -0.232. The van der Waals surface area contributed by atoms with E-state index in [1.807, 2.05) is 0 Å². The molecule has 2 aromatic rings. The van der Waals surface area contributed by atoms with Gasteiger partial charge in [-0.25, -0.2) is 23.9 Å². The van der Waals surface area contributed by atoms with Crippen molar-refractivity contribution in [3.05, 3.63) is 36.0 Å². The van der Waals surface area contributed by atoms with Gasteiger partial charge < -0.3 is 0 Å². The summed E-state index contributed by atoms with van der Waals surface area (Å²) in [6.07, 6.45) is 9.02. The van der Waals surface area contributed by atoms with Crippen LogP contribution in [0.15, 0.2) is 30.5 Å². The van der Waals surface area contributed by atoms with Crippen LogP contribution in [-0.4, -0.2) is 22.9 Å². The highest BCUT2D eigenvalue weighted by Gasteiger charge is 2.16. The number of benzene rings is 1.